The van der Waals surface area contributed by atoms with Gasteiger partial charge in [0.25, 0.3) is 0 Å². The van der Waals surface area contributed by atoms with Crippen molar-refractivity contribution in [2.75, 3.05) is 33.2 Å². The molecule has 0 aromatic rings. The Morgan fingerprint density at radius 1 is 1.15 bits per heavy atom. The van der Waals surface area contributed by atoms with Crippen LogP contribution in [0.4, 0.5) is 4.79 Å². The third-order valence-electron chi connectivity index (χ3n) is 5.29. The first kappa shape index (κ1) is 19.0. The lowest BCUT2D eigenvalue weighted by atomic mass is 9.73. The van der Waals surface area contributed by atoms with Gasteiger partial charge in [0, 0.05) is 18.9 Å². The van der Waals surface area contributed by atoms with E-state index in [9.17, 15) is 14.4 Å². The molecule has 1 saturated carbocycles. The molecule has 26 heavy (non-hydrogen) atoms. The number of amides is 1. The number of nitrogens with zero attached hydrogens (tertiary/aromatic N) is 2. The summed E-state index contributed by atoms with van der Waals surface area (Å²) in [4.78, 5) is 39.3. The molecule has 0 N–H and O–H groups in total. The fourth-order valence-electron chi connectivity index (χ4n) is 3.82. The highest BCUT2D eigenvalue weighted by Crippen LogP contribution is 2.65. The minimum Gasteiger partial charge on any atom is -0.498 e. The fourth-order valence-corrected chi connectivity index (χ4v) is 3.82. The zero-order chi connectivity index (χ0) is 19.1. The molecule has 3 aliphatic rings. The standard InChI is InChI=1S/C17H27BN2O6/c1-16(2,3)24-15(23)20-7-5-17(6-8-20)9-12(17)18-25-13(21)10-19(4)11-14(22)26-18/h12H,5-11H2,1-4H3. The highest BCUT2D eigenvalue weighted by molar-refractivity contribution is 6.52. The molecule has 0 bridgehead atoms. The normalized spacial score (nSPS) is 26.7. The second kappa shape index (κ2) is 6.76. The molecule has 2 heterocycles. The van der Waals surface area contributed by atoms with Crippen molar-refractivity contribution in [3.63, 3.8) is 0 Å². The van der Waals surface area contributed by atoms with Crippen molar-refractivity contribution in [3.05, 3.63) is 0 Å². The molecular formula is C17H27BN2O6. The van der Waals surface area contributed by atoms with Gasteiger partial charge < -0.3 is 18.9 Å². The molecule has 1 atom stereocenters. The predicted molar refractivity (Wildman–Crippen MR) is 93.3 cm³/mol. The average Bonchev–Trinajstić information content (AvgIpc) is 3.17. The van der Waals surface area contributed by atoms with E-state index >= 15 is 0 Å². The van der Waals surface area contributed by atoms with Crippen LogP contribution >= 0.6 is 0 Å². The lowest BCUT2D eigenvalue weighted by Crippen LogP contribution is -2.45. The van der Waals surface area contributed by atoms with Crippen LogP contribution in [0.15, 0.2) is 0 Å². The number of carbonyl (C=O) groups is 3. The third-order valence-corrected chi connectivity index (χ3v) is 5.29. The van der Waals surface area contributed by atoms with E-state index in [0.717, 1.165) is 19.3 Å². The van der Waals surface area contributed by atoms with Crippen molar-refractivity contribution in [1.29, 1.82) is 0 Å². The molecule has 1 spiro atoms. The van der Waals surface area contributed by atoms with Gasteiger partial charge in [-0.05, 0) is 52.5 Å². The number of rotatable bonds is 1. The summed E-state index contributed by atoms with van der Waals surface area (Å²) in [6, 6.07) is 0. The van der Waals surface area contributed by atoms with E-state index in [1.807, 2.05) is 20.8 Å². The van der Waals surface area contributed by atoms with Gasteiger partial charge >= 0.3 is 25.2 Å². The van der Waals surface area contributed by atoms with Crippen LogP contribution in [0.25, 0.3) is 0 Å². The zero-order valence-electron chi connectivity index (χ0n) is 15.9. The van der Waals surface area contributed by atoms with Crippen LogP contribution in [-0.2, 0) is 23.6 Å². The van der Waals surface area contributed by atoms with Crippen LogP contribution in [0, 0.1) is 5.41 Å². The Bertz CT molecular complexity index is 577. The van der Waals surface area contributed by atoms with Crippen LogP contribution in [0.5, 0.6) is 0 Å². The van der Waals surface area contributed by atoms with Gasteiger partial charge in [0.2, 0.25) is 0 Å². The maximum Gasteiger partial charge on any atom is 0.602 e. The minimum atomic E-state index is -0.809. The summed E-state index contributed by atoms with van der Waals surface area (Å²) >= 11 is 0. The summed E-state index contributed by atoms with van der Waals surface area (Å²) in [5, 5.41) is 0. The Balaban J connectivity index is 1.55. The number of hydrogen-bond donors (Lipinski definition) is 0. The van der Waals surface area contributed by atoms with Crippen molar-refractivity contribution in [1.82, 2.24) is 9.80 Å². The molecule has 3 rings (SSSR count). The smallest absolute Gasteiger partial charge is 0.498 e. The van der Waals surface area contributed by atoms with Gasteiger partial charge in [0.1, 0.15) is 5.60 Å². The van der Waals surface area contributed by atoms with E-state index in [0.29, 0.717) is 13.1 Å². The predicted octanol–water partition coefficient (Wildman–Crippen LogP) is 1.30. The summed E-state index contributed by atoms with van der Waals surface area (Å²) in [5.41, 5.74) is -0.530. The van der Waals surface area contributed by atoms with Crippen molar-refractivity contribution >= 4 is 25.2 Å². The second-order valence-corrected chi connectivity index (χ2v) is 8.66. The molecule has 3 fully saturated rings. The van der Waals surface area contributed by atoms with Crippen molar-refractivity contribution < 1.29 is 28.4 Å². The maximum absolute atomic E-state index is 12.2. The number of carbonyl (C=O) groups excluding carboxylic acids is 3. The molecule has 8 nitrogen and oxygen atoms in total. The van der Waals surface area contributed by atoms with Gasteiger partial charge in [-0.3, -0.25) is 14.5 Å². The number of likely N-dealkylation sites (tertiary alicyclic amines) is 1. The SMILES string of the molecule is CN1CC(=O)OB(C2CC23CCN(C(=O)OC(C)(C)C)CC3)OC(=O)C1. The lowest BCUT2D eigenvalue weighted by molar-refractivity contribution is -0.145. The molecule has 1 unspecified atom stereocenters. The topological polar surface area (TPSA) is 85.4 Å². The van der Waals surface area contributed by atoms with Gasteiger partial charge in [-0.1, -0.05) is 0 Å². The zero-order valence-corrected chi connectivity index (χ0v) is 15.9. The van der Waals surface area contributed by atoms with E-state index in [1.54, 1.807) is 16.8 Å². The molecule has 0 aromatic carbocycles. The summed E-state index contributed by atoms with van der Waals surface area (Å²) in [5.74, 6) is -0.740. The summed E-state index contributed by atoms with van der Waals surface area (Å²) in [6.45, 7) is 6.91. The van der Waals surface area contributed by atoms with E-state index in [1.165, 1.54) is 0 Å². The highest BCUT2D eigenvalue weighted by atomic mass is 16.6. The molecule has 9 heteroatoms. The largest absolute Gasteiger partial charge is 0.602 e. The second-order valence-electron chi connectivity index (χ2n) is 8.66. The molecule has 1 amide bonds. The highest BCUT2D eigenvalue weighted by Gasteiger charge is 2.64. The summed E-state index contributed by atoms with van der Waals surface area (Å²) < 4.78 is 16.2. The molecule has 2 aliphatic heterocycles. The number of likely N-dealkylation sites (N-methyl/N-ethyl adjacent to an activating group) is 1. The van der Waals surface area contributed by atoms with Gasteiger partial charge in [-0.25, -0.2) is 4.79 Å². The first-order chi connectivity index (χ1) is 12.1. The molecule has 144 valence electrons. The Hall–Kier alpha value is -1.77. The Kier molecular flexibility index (Phi) is 4.94. The van der Waals surface area contributed by atoms with Gasteiger partial charge in [-0.15, -0.1) is 0 Å². The van der Waals surface area contributed by atoms with Gasteiger partial charge in [-0.2, -0.15) is 0 Å². The van der Waals surface area contributed by atoms with E-state index in [-0.39, 0.29) is 42.4 Å². The summed E-state index contributed by atoms with van der Waals surface area (Å²) in [6.07, 6.45) is 2.14. The average molecular weight is 366 g/mol. The fraction of sp³-hybridized carbons (Fsp3) is 0.824. The number of piperidine rings is 1. The van der Waals surface area contributed by atoms with Gasteiger partial charge in [0.15, 0.2) is 0 Å². The minimum absolute atomic E-state index is 0.0135. The van der Waals surface area contributed by atoms with Crippen LogP contribution in [-0.4, -0.2) is 73.8 Å². The molecule has 2 saturated heterocycles. The first-order valence-corrected chi connectivity index (χ1v) is 9.13. The summed E-state index contributed by atoms with van der Waals surface area (Å²) in [7, 11) is 0.866. The van der Waals surface area contributed by atoms with Crippen LogP contribution in [0.1, 0.15) is 40.0 Å². The lowest BCUT2D eigenvalue weighted by Gasteiger charge is -2.34. The quantitative estimate of drug-likeness (QED) is 0.647. The van der Waals surface area contributed by atoms with Crippen molar-refractivity contribution in [3.8, 4) is 0 Å². The van der Waals surface area contributed by atoms with Gasteiger partial charge in [0.05, 0.1) is 13.1 Å². The molecule has 0 aromatic heterocycles. The Labute approximate surface area is 154 Å². The number of ether oxygens (including phenoxy) is 1. The molecule has 1 aliphatic carbocycles. The van der Waals surface area contributed by atoms with Crippen molar-refractivity contribution in [2.24, 2.45) is 5.41 Å². The van der Waals surface area contributed by atoms with E-state index in [4.69, 9.17) is 14.0 Å². The van der Waals surface area contributed by atoms with E-state index < -0.39 is 12.7 Å². The van der Waals surface area contributed by atoms with Crippen LogP contribution in [0.3, 0.4) is 0 Å². The Morgan fingerprint density at radius 2 is 1.69 bits per heavy atom. The van der Waals surface area contributed by atoms with E-state index in [2.05, 4.69) is 0 Å². The third kappa shape index (κ3) is 4.31. The van der Waals surface area contributed by atoms with Crippen LogP contribution in [0.2, 0.25) is 5.82 Å². The molecule has 0 radical (unpaired) electrons. The monoisotopic (exact) mass is 366 g/mol. The van der Waals surface area contributed by atoms with Crippen molar-refractivity contribution in [2.45, 2.75) is 51.5 Å². The molecular weight excluding hydrogens is 339 g/mol. The van der Waals surface area contributed by atoms with Crippen LogP contribution < -0.4 is 0 Å². The number of hydrogen-bond acceptors (Lipinski definition) is 7. The first-order valence-electron chi connectivity index (χ1n) is 9.13. The Morgan fingerprint density at radius 3 is 2.19 bits per heavy atom. The maximum atomic E-state index is 12.2.